The SMILES string of the molecule is O=C(CSc1nnnn1-c1ccccc1)N[C@@H](c1ccccc1)c1cccs1. The van der Waals surface area contributed by atoms with Crippen LogP contribution in [0.2, 0.25) is 0 Å². The van der Waals surface area contributed by atoms with E-state index in [4.69, 9.17) is 0 Å². The van der Waals surface area contributed by atoms with Gasteiger partial charge >= 0.3 is 0 Å². The lowest BCUT2D eigenvalue weighted by molar-refractivity contribution is -0.119. The molecule has 0 saturated heterocycles. The number of amides is 1. The number of para-hydroxylation sites is 1. The summed E-state index contributed by atoms with van der Waals surface area (Å²) in [5, 5.41) is 17.5. The number of nitrogens with one attached hydrogen (secondary N) is 1. The quantitative estimate of drug-likeness (QED) is 0.473. The lowest BCUT2D eigenvalue weighted by atomic mass is 10.1. The molecule has 6 nitrogen and oxygen atoms in total. The van der Waals surface area contributed by atoms with Crippen molar-refractivity contribution >= 4 is 29.0 Å². The summed E-state index contributed by atoms with van der Waals surface area (Å²) in [4.78, 5) is 13.8. The summed E-state index contributed by atoms with van der Waals surface area (Å²) in [6.07, 6.45) is 0. The van der Waals surface area contributed by atoms with Crippen LogP contribution in [0.25, 0.3) is 5.69 Å². The number of tetrazole rings is 1. The van der Waals surface area contributed by atoms with Gasteiger partial charge in [0, 0.05) is 4.88 Å². The molecule has 4 rings (SSSR count). The number of benzene rings is 2. The van der Waals surface area contributed by atoms with E-state index in [-0.39, 0.29) is 17.7 Å². The summed E-state index contributed by atoms with van der Waals surface area (Å²) >= 11 is 2.93. The second-order valence-corrected chi connectivity index (χ2v) is 7.85. The molecule has 0 fully saturated rings. The number of hydrogen-bond acceptors (Lipinski definition) is 6. The van der Waals surface area contributed by atoms with Gasteiger partial charge in [0.05, 0.1) is 17.5 Å². The van der Waals surface area contributed by atoms with E-state index in [1.165, 1.54) is 11.8 Å². The molecule has 28 heavy (non-hydrogen) atoms. The van der Waals surface area contributed by atoms with Crippen molar-refractivity contribution < 1.29 is 4.79 Å². The molecule has 0 saturated carbocycles. The Morgan fingerprint density at radius 3 is 2.50 bits per heavy atom. The predicted molar refractivity (Wildman–Crippen MR) is 111 cm³/mol. The molecule has 0 aliphatic rings. The van der Waals surface area contributed by atoms with Gasteiger partial charge in [-0.05, 0) is 39.6 Å². The van der Waals surface area contributed by atoms with Crippen LogP contribution in [0.3, 0.4) is 0 Å². The normalized spacial score (nSPS) is 11.9. The third kappa shape index (κ3) is 4.29. The summed E-state index contributed by atoms with van der Waals surface area (Å²) in [7, 11) is 0. The van der Waals surface area contributed by atoms with E-state index in [2.05, 4.69) is 20.8 Å². The van der Waals surface area contributed by atoms with Crippen LogP contribution in [0, 0.1) is 0 Å². The van der Waals surface area contributed by atoms with Gasteiger partial charge in [-0.3, -0.25) is 4.79 Å². The van der Waals surface area contributed by atoms with Crippen molar-refractivity contribution in [1.29, 1.82) is 0 Å². The standard InChI is InChI=1S/C20H17N5OS2/c26-18(14-28-20-22-23-24-25(20)16-10-5-2-6-11-16)21-19(17-12-7-13-27-17)15-8-3-1-4-9-15/h1-13,19H,14H2,(H,21,26)/t19-/m0/s1. The lowest BCUT2D eigenvalue weighted by Gasteiger charge is -2.18. The summed E-state index contributed by atoms with van der Waals surface area (Å²) in [5.41, 5.74) is 1.91. The molecule has 140 valence electrons. The first kappa shape index (κ1) is 18.4. The van der Waals surface area contributed by atoms with Crippen molar-refractivity contribution in [2.75, 3.05) is 5.75 Å². The zero-order valence-corrected chi connectivity index (χ0v) is 16.4. The fourth-order valence-electron chi connectivity index (χ4n) is 2.75. The molecule has 1 N–H and O–H groups in total. The fraction of sp³-hybridized carbons (Fsp3) is 0.100. The van der Waals surface area contributed by atoms with Gasteiger partial charge < -0.3 is 5.32 Å². The van der Waals surface area contributed by atoms with Gasteiger partial charge in [-0.25, -0.2) is 0 Å². The molecule has 2 heterocycles. The van der Waals surface area contributed by atoms with Crippen molar-refractivity contribution in [1.82, 2.24) is 25.5 Å². The van der Waals surface area contributed by atoms with Crippen molar-refractivity contribution in [3.8, 4) is 5.69 Å². The molecule has 8 heteroatoms. The number of hydrogen-bond donors (Lipinski definition) is 1. The van der Waals surface area contributed by atoms with Gasteiger partial charge in [0.25, 0.3) is 0 Å². The molecule has 0 unspecified atom stereocenters. The highest BCUT2D eigenvalue weighted by Crippen LogP contribution is 2.26. The Hall–Kier alpha value is -2.97. The zero-order valence-electron chi connectivity index (χ0n) is 14.8. The molecule has 0 radical (unpaired) electrons. The maximum atomic E-state index is 12.7. The van der Waals surface area contributed by atoms with E-state index in [9.17, 15) is 4.79 Å². The second kappa shape index (κ2) is 8.81. The highest BCUT2D eigenvalue weighted by molar-refractivity contribution is 7.99. The molecule has 0 spiro atoms. The average molecular weight is 408 g/mol. The first-order valence-electron chi connectivity index (χ1n) is 8.65. The van der Waals surface area contributed by atoms with E-state index in [1.807, 2.05) is 78.2 Å². The first-order valence-corrected chi connectivity index (χ1v) is 10.5. The number of nitrogens with zero attached hydrogens (tertiary/aromatic N) is 4. The minimum Gasteiger partial charge on any atom is -0.344 e. The number of rotatable bonds is 7. The Morgan fingerprint density at radius 2 is 1.79 bits per heavy atom. The summed E-state index contributed by atoms with van der Waals surface area (Å²) < 4.78 is 1.63. The van der Waals surface area contributed by atoms with Crippen LogP contribution < -0.4 is 5.32 Å². The van der Waals surface area contributed by atoms with Crippen LogP contribution in [0.5, 0.6) is 0 Å². The van der Waals surface area contributed by atoms with Gasteiger partial charge in [-0.1, -0.05) is 66.4 Å². The molecule has 0 aliphatic heterocycles. The van der Waals surface area contributed by atoms with Gasteiger partial charge in [0.2, 0.25) is 11.1 Å². The molecule has 1 atom stereocenters. The highest BCUT2D eigenvalue weighted by atomic mass is 32.2. The second-order valence-electron chi connectivity index (χ2n) is 5.92. The minimum absolute atomic E-state index is 0.0742. The maximum Gasteiger partial charge on any atom is 0.231 e. The largest absolute Gasteiger partial charge is 0.344 e. The van der Waals surface area contributed by atoms with Crippen LogP contribution in [0.1, 0.15) is 16.5 Å². The monoisotopic (exact) mass is 407 g/mol. The van der Waals surface area contributed by atoms with Gasteiger partial charge in [0.1, 0.15) is 0 Å². The van der Waals surface area contributed by atoms with Crippen molar-refractivity contribution in [2.24, 2.45) is 0 Å². The van der Waals surface area contributed by atoms with Crippen LogP contribution >= 0.6 is 23.1 Å². The van der Waals surface area contributed by atoms with Crippen molar-refractivity contribution in [3.05, 3.63) is 88.6 Å². The molecule has 2 aromatic heterocycles. The van der Waals surface area contributed by atoms with E-state index in [1.54, 1.807) is 16.0 Å². The molecule has 1 amide bonds. The van der Waals surface area contributed by atoms with Crippen molar-refractivity contribution in [2.45, 2.75) is 11.2 Å². The van der Waals surface area contributed by atoms with Crippen LogP contribution in [0.4, 0.5) is 0 Å². The molecular weight excluding hydrogens is 390 g/mol. The third-order valence-electron chi connectivity index (χ3n) is 4.04. The highest BCUT2D eigenvalue weighted by Gasteiger charge is 2.19. The summed E-state index contributed by atoms with van der Waals surface area (Å²) in [5.74, 6) is 0.150. The fourth-order valence-corrected chi connectivity index (χ4v) is 4.26. The van der Waals surface area contributed by atoms with Crippen LogP contribution in [-0.2, 0) is 4.79 Å². The van der Waals surface area contributed by atoms with Gasteiger partial charge in [0.15, 0.2) is 0 Å². The molecule has 0 bridgehead atoms. The minimum atomic E-state index is -0.167. The molecule has 0 aliphatic carbocycles. The number of thioether (sulfide) groups is 1. The molecule has 4 aromatic rings. The Balaban J connectivity index is 1.45. The van der Waals surface area contributed by atoms with Crippen molar-refractivity contribution in [3.63, 3.8) is 0 Å². The van der Waals surface area contributed by atoms with Gasteiger partial charge in [-0.15, -0.1) is 16.4 Å². The average Bonchev–Trinajstić information content (AvgIpc) is 3.44. The Morgan fingerprint density at radius 1 is 1.04 bits per heavy atom. The Bertz CT molecular complexity index is 1020. The smallest absolute Gasteiger partial charge is 0.231 e. The number of aromatic nitrogens is 4. The Labute approximate surface area is 170 Å². The zero-order chi connectivity index (χ0) is 19.2. The first-order chi connectivity index (χ1) is 13.8. The van der Waals surface area contributed by atoms with E-state index < -0.39 is 0 Å². The molecule has 2 aromatic carbocycles. The van der Waals surface area contributed by atoms with Crippen LogP contribution in [0.15, 0.2) is 83.3 Å². The summed E-state index contributed by atoms with van der Waals surface area (Å²) in [6, 6.07) is 23.4. The maximum absolute atomic E-state index is 12.7. The predicted octanol–water partition coefficient (Wildman–Crippen LogP) is 3.72. The lowest BCUT2D eigenvalue weighted by Crippen LogP contribution is -2.30. The Kier molecular flexibility index (Phi) is 5.79. The topological polar surface area (TPSA) is 72.7 Å². The van der Waals surface area contributed by atoms with E-state index in [0.717, 1.165) is 16.1 Å². The third-order valence-corrected chi connectivity index (χ3v) is 5.90. The molecular formula is C20H17N5OS2. The summed E-state index contributed by atoms with van der Waals surface area (Å²) in [6.45, 7) is 0. The number of carbonyl (C=O) groups is 1. The van der Waals surface area contributed by atoms with E-state index >= 15 is 0 Å². The van der Waals surface area contributed by atoms with Crippen LogP contribution in [-0.4, -0.2) is 31.9 Å². The number of carbonyl (C=O) groups excluding carboxylic acids is 1. The van der Waals surface area contributed by atoms with E-state index in [0.29, 0.717) is 5.16 Å². The van der Waals surface area contributed by atoms with Gasteiger partial charge in [-0.2, -0.15) is 4.68 Å². The number of thiophene rings is 1.